The van der Waals surface area contributed by atoms with Gasteiger partial charge in [0.25, 0.3) is 0 Å². The lowest BCUT2D eigenvalue weighted by molar-refractivity contribution is 0.427. The lowest BCUT2D eigenvalue weighted by atomic mass is 10.1. The molecule has 4 heteroatoms. The molecule has 0 unspecified atom stereocenters. The molecule has 0 N–H and O–H groups in total. The zero-order valence-corrected chi connectivity index (χ0v) is 11.3. The standard InChI is InChI=1S/C17H11FN2O/c1-11-6-7-14(18)16(8-11)21-17-13(10-19)9-12-4-2-3-5-15(12)20-17/h2-9H,1H3. The van der Waals surface area contributed by atoms with Crippen molar-refractivity contribution in [1.82, 2.24) is 4.98 Å². The number of nitrogens with zero attached hydrogens (tertiary/aromatic N) is 2. The van der Waals surface area contributed by atoms with Crippen LogP contribution >= 0.6 is 0 Å². The Bertz CT molecular complexity index is 868. The molecular formula is C17H11FN2O. The van der Waals surface area contributed by atoms with Crippen molar-refractivity contribution in [2.24, 2.45) is 0 Å². The van der Waals surface area contributed by atoms with Gasteiger partial charge in [-0.3, -0.25) is 0 Å². The fourth-order valence-electron chi connectivity index (χ4n) is 2.05. The van der Waals surface area contributed by atoms with Crippen molar-refractivity contribution in [1.29, 1.82) is 5.26 Å². The summed E-state index contributed by atoms with van der Waals surface area (Å²) >= 11 is 0. The summed E-state index contributed by atoms with van der Waals surface area (Å²) in [5.41, 5.74) is 1.83. The number of hydrogen-bond donors (Lipinski definition) is 0. The third kappa shape index (κ3) is 2.54. The van der Waals surface area contributed by atoms with E-state index in [1.54, 1.807) is 18.2 Å². The minimum atomic E-state index is -0.487. The van der Waals surface area contributed by atoms with E-state index in [-0.39, 0.29) is 17.2 Å². The van der Waals surface area contributed by atoms with Gasteiger partial charge in [-0.2, -0.15) is 5.26 Å². The van der Waals surface area contributed by atoms with E-state index < -0.39 is 5.82 Å². The van der Waals surface area contributed by atoms with E-state index in [4.69, 9.17) is 4.74 Å². The first-order valence-corrected chi connectivity index (χ1v) is 6.41. The Kier molecular flexibility index (Phi) is 3.25. The van der Waals surface area contributed by atoms with Gasteiger partial charge in [0.2, 0.25) is 5.88 Å². The second kappa shape index (κ2) is 5.22. The van der Waals surface area contributed by atoms with Crippen LogP contribution in [0, 0.1) is 24.1 Å². The van der Waals surface area contributed by atoms with Crippen LogP contribution in [0.3, 0.4) is 0 Å². The second-order valence-electron chi connectivity index (χ2n) is 4.68. The number of ether oxygens (including phenoxy) is 1. The third-order valence-electron chi connectivity index (χ3n) is 3.10. The van der Waals surface area contributed by atoms with Crippen LogP contribution in [0.2, 0.25) is 0 Å². The average Bonchev–Trinajstić information content (AvgIpc) is 2.50. The number of aryl methyl sites for hydroxylation is 1. The van der Waals surface area contributed by atoms with Crippen molar-refractivity contribution in [2.75, 3.05) is 0 Å². The number of benzene rings is 2. The molecule has 0 aliphatic carbocycles. The minimum absolute atomic E-state index is 0.0641. The largest absolute Gasteiger partial charge is 0.435 e. The van der Waals surface area contributed by atoms with Crippen LogP contribution in [0.25, 0.3) is 10.9 Å². The Morgan fingerprint density at radius 3 is 2.76 bits per heavy atom. The number of aromatic nitrogens is 1. The summed E-state index contributed by atoms with van der Waals surface area (Å²) in [7, 11) is 0. The quantitative estimate of drug-likeness (QED) is 0.700. The highest BCUT2D eigenvalue weighted by atomic mass is 19.1. The van der Waals surface area contributed by atoms with Crippen LogP contribution in [0.15, 0.2) is 48.5 Å². The molecule has 0 radical (unpaired) electrons. The van der Waals surface area contributed by atoms with Gasteiger partial charge >= 0.3 is 0 Å². The third-order valence-corrected chi connectivity index (χ3v) is 3.10. The molecule has 0 aliphatic heterocycles. The highest BCUT2D eigenvalue weighted by molar-refractivity contribution is 5.81. The molecule has 0 amide bonds. The predicted molar refractivity (Wildman–Crippen MR) is 77.7 cm³/mol. The summed E-state index contributed by atoms with van der Waals surface area (Å²) < 4.78 is 19.3. The van der Waals surface area contributed by atoms with Crippen LogP contribution in [0.1, 0.15) is 11.1 Å². The molecule has 3 aromatic rings. The summed E-state index contributed by atoms with van der Waals surface area (Å²) in [4.78, 5) is 4.30. The molecule has 1 heterocycles. The molecule has 0 spiro atoms. The zero-order chi connectivity index (χ0) is 14.8. The highest BCUT2D eigenvalue weighted by Crippen LogP contribution is 2.28. The van der Waals surface area contributed by atoms with E-state index in [2.05, 4.69) is 4.98 Å². The van der Waals surface area contributed by atoms with Crippen LogP contribution < -0.4 is 4.74 Å². The number of rotatable bonds is 2. The Hall–Kier alpha value is -2.93. The molecule has 3 rings (SSSR count). The van der Waals surface area contributed by atoms with Gasteiger partial charge in [0, 0.05) is 5.39 Å². The average molecular weight is 278 g/mol. The van der Waals surface area contributed by atoms with Crippen molar-refractivity contribution in [3.63, 3.8) is 0 Å². The molecule has 0 saturated carbocycles. The number of nitriles is 1. The van der Waals surface area contributed by atoms with E-state index in [9.17, 15) is 9.65 Å². The lowest BCUT2D eigenvalue weighted by Crippen LogP contribution is -1.95. The van der Waals surface area contributed by atoms with E-state index in [0.717, 1.165) is 10.9 Å². The van der Waals surface area contributed by atoms with Crippen molar-refractivity contribution in [3.05, 3.63) is 65.5 Å². The first-order valence-electron chi connectivity index (χ1n) is 6.41. The van der Waals surface area contributed by atoms with E-state index in [1.807, 2.05) is 37.3 Å². The topological polar surface area (TPSA) is 45.9 Å². The molecule has 2 aromatic carbocycles. The lowest BCUT2D eigenvalue weighted by Gasteiger charge is -2.09. The second-order valence-corrected chi connectivity index (χ2v) is 4.68. The molecular weight excluding hydrogens is 267 g/mol. The van der Waals surface area contributed by atoms with Crippen LogP contribution in [0.4, 0.5) is 4.39 Å². The van der Waals surface area contributed by atoms with Gasteiger partial charge in [0.15, 0.2) is 11.6 Å². The van der Waals surface area contributed by atoms with Crippen molar-refractivity contribution < 1.29 is 9.13 Å². The monoisotopic (exact) mass is 278 g/mol. The molecule has 1 aromatic heterocycles. The molecule has 102 valence electrons. The number of fused-ring (bicyclic) bond motifs is 1. The van der Waals surface area contributed by atoms with Crippen LogP contribution in [-0.2, 0) is 0 Å². The summed E-state index contributed by atoms with van der Waals surface area (Å²) in [5.74, 6) is -0.311. The number of para-hydroxylation sites is 1. The summed E-state index contributed by atoms with van der Waals surface area (Å²) in [6.07, 6.45) is 0. The molecule has 3 nitrogen and oxygen atoms in total. The van der Waals surface area contributed by atoms with Gasteiger partial charge in [0.1, 0.15) is 11.6 Å². The molecule has 0 atom stereocenters. The molecule has 0 saturated heterocycles. The first kappa shape index (κ1) is 13.1. The van der Waals surface area contributed by atoms with Gasteiger partial charge in [-0.15, -0.1) is 0 Å². The van der Waals surface area contributed by atoms with Crippen LogP contribution in [-0.4, -0.2) is 4.98 Å². The minimum Gasteiger partial charge on any atom is -0.435 e. The summed E-state index contributed by atoms with van der Waals surface area (Å²) in [5, 5.41) is 10.1. The fraction of sp³-hybridized carbons (Fsp3) is 0.0588. The zero-order valence-electron chi connectivity index (χ0n) is 11.3. The Labute approximate surface area is 121 Å². The Balaban J connectivity index is 2.11. The van der Waals surface area contributed by atoms with Crippen molar-refractivity contribution >= 4 is 10.9 Å². The summed E-state index contributed by atoms with van der Waals surface area (Å²) in [6, 6.07) is 15.7. The Morgan fingerprint density at radius 1 is 1.14 bits per heavy atom. The molecule has 0 aliphatic rings. The van der Waals surface area contributed by atoms with Gasteiger partial charge in [-0.05, 0) is 36.8 Å². The van der Waals surface area contributed by atoms with Gasteiger partial charge < -0.3 is 4.74 Å². The Morgan fingerprint density at radius 2 is 1.95 bits per heavy atom. The van der Waals surface area contributed by atoms with Gasteiger partial charge in [0.05, 0.1) is 5.52 Å². The van der Waals surface area contributed by atoms with E-state index in [1.165, 1.54) is 6.07 Å². The van der Waals surface area contributed by atoms with Crippen molar-refractivity contribution in [2.45, 2.75) is 6.92 Å². The van der Waals surface area contributed by atoms with Gasteiger partial charge in [-0.25, -0.2) is 9.37 Å². The van der Waals surface area contributed by atoms with Crippen LogP contribution in [0.5, 0.6) is 11.6 Å². The molecule has 0 bridgehead atoms. The molecule has 21 heavy (non-hydrogen) atoms. The SMILES string of the molecule is Cc1ccc(F)c(Oc2nc3ccccc3cc2C#N)c1. The number of hydrogen-bond acceptors (Lipinski definition) is 3. The van der Waals surface area contributed by atoms with Gasteiger partial charge in [-0.1, -0.05) is 24.3 Å². The normalized spacial score (nSPS) is 10.3. The maximum atomic E-state index is 13.8. The van der Waals surface area contributed by atoms with E-state index in [0.29, 0.717) is 5.52 Å². The maximum absolute atomic E-state index is 13.8. The van der Waals surface area contributed by atoms with E-state index >= 15 is 0 Å². The highest BCUT2D eigenvalue weighted by Gasteiger charge is 2.12. The van der Waals surface area contributed by atoms with Crippen molar-refractivity contribution in [3.8, 4) is 17.7 Å². The fourth-order valence-corrected chi connectivity index (χ4v) is 2.05. The predicted octanol–water partition coefficient (Wildman–Crippen LogP) is 4.35. The summed E-state index contributed by atoms with van der Waals surface area (Å²) in [6.45, 7) is 1.84. The molecule has 0 fully saturated rings. The number of pyridine rings is 1. The number of halogens is 1. The first-order chi connectivity index (χ1) is 10.2. The maximum Gasteiger partial charge on any atom is 0.238 e. The smallest absolute Gasteiger partial charge is 0.238 e.